The van der Waals surface area contributed by atoms with E-state index in [9.17, 15) is 34.4 Å². The van der Waals surface area contributed by atoms with Gasteiger partial charge in [-0.15, -0.1) is 0 Å². The first-order chi connectivity index (χ1) is 22.1. The highest BCUT2D eigenvalue weighted by atomic mass is 16.6. The minimum absolute atomic E-state index is 0.0774. The van der Waals surface area contributed by atoms with Crippen LogP contribution in [0.25, 0.3) is 0 Å². The number of nitro groups is 1. The number of hydrogen-bond acceptors (Lipinski definition) is 8. The fourth-order valence-electron chi connectivity index (χ4n) is 7.32. The Hall–Kier alpha value is -5.64. The van der Waals surface area contributed by atoms with E-state index in [4.69, 9.17) is 4.74 Å². The maximum absolute atomic E-state index is 14.1. The van der Waals surface area contributed by atoms with E-state index in [1.54, 1.807) is 19.1 Å². The van der Waals surface area contributed by atoms with Gasteiger partial charge in [0.1, 0.15) is 18.1 Å². The van der Waals surface area contributed by atoms with E-state index < -0.39 is 40.4 Å². The lowest BCUT2D eigenvalue weighted by molar-refractivity contribution is -0.384. The average molecular weight is 617 g/mol. The Kier molecular flexibility index (Phi) is 7.00. The second-order valence-corrected chi connectivity index (χ2v) is 12.0. The van der Waals surface area contributed by atoms with Crippen LogP contribution >= 0.6 is 0 Å². The zero-order chi connectivity index (χ0) is 32.3. The molecule has 46 heavy (non-hydrogen) atoms. The number of ketones is 2. The molecule has 230 valence electrons. The number of anilines is 1. The van der Waals surface area contributed by atoms with Crippen molar-refractivity contribution in [2.24, 2.45) is 17.8 Å². The molecule has 1 N–H and O–H groups in total. The van der Waals surface area contributed by atoms with Gasteiger partial charge in [-0.1, -0.05) is 54.1 Å². The van der Waals surface area contributed by atoms with Crippen molar-refractivity contribution in [2.75, 3.05) is 4.90 Å². The summed E-state index contributed by atoms with van der Waals surface area (Å²) >= 11 is 0. The van der Waals surface area contributed by atoms with Crippen molar-refractivity contribution in [1.82, 2.24) is 0 Å². The van der Waals surface area contributed by atoms with Crippen LogP contribution in [0, 0.1) is 27.9 Å². The first-order valence-electron chi connectivity index (χ1n) is 15.0. The fourth-order valence-corrected chi connectivity index (χ4v) is 7.32. The predicted molar refractivity (Wildman–Crippen MR) is 166 cm³/mol. The number of phenols is 1. The molecular formula is C36H28N2O8. The Morgan fingerprint density at radius 2 is 1.74 bits per heavy atom. The highest BCUT2D eigenvalue weighted by Crippen LogP contribution is 2.56. The average Bonchev–Trinajstić information content (AvgIpc) is 3.31. The summed E-state index contributed by atoms with van der Waals surface area (Å²) in [5.41, 5.74) is 2.70. The highest BCUT2D eigenvalue weighted by Gasteiger charge is 2.57. The molecule has 4 atom stereocenters. The van der Waals surface area contributed by atoms with E-state index in [2.05, 4.69) is 0 Å². The summed E-state index contributed by atoms with van der Waals surface area (Å²) in [6.07, 6.45) is 3.42. The number of imide groups is 1. The summed E-state index contributed by atoms with van der Waals surface area (Å²) in [6.45, 7) is 1.86. The van der Waals surface area contributed by atoms with Crippen LogP contribution in [-0.2, 0) is 25.8 Å². The van der Waals surface area contributed by atoms with Gasteiger partial charge in [0, 0.05) is 46.4 Å². The van der Waals surface area contributed by atoms with Gasteiger partial charge >= 0.3 is 0 Å². The van der Waals surface area contributed by atoms with Crippen LogP contribution in [0.3, 0.4) is 0 Å². The molecule has 1 fully saturated rings. The molecule has 2 amide bonds. The molecule has 7 rings (SSSR count). The van der Waals surface area contributed by atoms with Crippen molar-refractivity contribution in [3.8, 4) is 11.5 Å². The third kappa shape index (κ3) is 4.65. The normalized spacial score (nSPS) is 23.8. The molecule has 0 unspecified atom stereocenters. The third-order valence-electron chi connectivity index (χ3n) is 9.42. The summed E-state index contributed by atoms with van der Waals surface area (Å²) in [7, 11) is 0. The Morgan fingerprint density at radius 1 is 0.957 bits per heavy atom. The summed E-state index contributed by atoms with van der Waals surface area (Å²) in [4.78, 5) is 66.6. The number of amides is 2. The number of fused-ring (bicyclic) bond motifs is 3. The molecule has 1 aliphatic heterocycles. The monoisotopic (exact) mass is 616 g/mol. The van der Waals surface area contributed by atoms with Gasteiger partial charge in [0.25, 0.3) is 5.69 Å². The number of nitrogens with zero attached hydrogens (tertiary/aromatic N) is 2. The van der Waals surface area contributed by atoms with Crippen LogP contribution in [0.2, 0.25) is 0 Å². The van der Waals surface area contributed by atoms with Gasteiger partial charge in [0.05, 0.1) is 22.4 Å². The number of hydrogen-bond donors (Lipinski definition) is 1. The topological polar surface area (TPSA) is 144 Å². The van der Waals surface area contributed by atoms with Gasteiger partial charge in [0.2, 0.25) is 11.8 Å². The molecule has 3 aliphatic carbocycles. The quantitative estimate of drug-likeness (QED) is 0.125. The Balaban J connectivity index is 1.28. The Bertz CT molecular complexity index is 1960. The van der Waals surface area contributed by atoms with Crippen molar-refractivity contribution >= 4 is 34.8 Å². The highest BCUT2D eigenvalue weighted by molar-refractivity contribution is 6.25. The number of phenolic OH excluding ortho intramolecular Hbond substituents is 1. The summed E-state index contributed by atoms with van der Waals surface area (Å²) < 4.78 is 5.90. The molecule has 3 aromatic rings. The number of allylic oxidation sites excluding steroid dienone is 6. The van der Waals surface area contributed by atoms with Crippen LogP contribution in [0.15, 0.2) is 107 Å². The summed E-state index contributed by atoms with van der Waals surface area (Å²) in [5, 5.41) is 22.8. The number of aromatic hydroxyl groups is 1. The molecule has 10 nitrogen and oxygen atoms in total. The molecule has 0 radical (unpaired) electrons. The molecule has 0 bridgehead atoms. The minimum atomic E-state index is -0.853. The smallest absolute Gasteiger partial charge is 0.271 e. The number of nitro benzene ring substituents is 1. The lowest BCUT2D eigenvalue weighted by atomic mass is 9.59. The van der Waals surface area contributed by atoms with E-state index >= 15 is 0 Å². The lowest BCUT2D eigenvalue weighted by Crippen LogP contribution is -2.39. The molecular weight excluding hydrogens is 588 g/mol. The van der Waals surface area contributed by atoms with Gasteiger partial charge in [-0.3, -0.25) is 29.3 Å². The third-order valence-corrected chi connectivity index (χ3v) is 9.42. The van der Waals surface area contributed by atoms with E-state index in [1.807, 2.05) is 36.4 Å². The van der Waals surface area contributed by atoms with Crippen LogP contribution < -0.4 is 9.64 Å². The molecule has 10 heteroatoms. The van der Waals surface area contributed by atoms with Crippen molar-refractivity contribution < 1.29 is 33.9 Å². The maximum Gasteiger partial charge on any atom is 0.271 e. The number of benzene rings is 3. The molecule has 0 spiro atoms. The number of non-ortho nitro benzene ring substituents is 1. The van der Waals surface area contributed by atoms with E-state index in [-0.39, 0.29) is 64.9 Å². The van der Waals surface area contributed by atoms with Crippen LogP contribution in [0.5, 0.6) is 11.5 Å². The van der Waals surface area contributed by atoms with Crippen molar-refractivity contribution in [3.05, 3.63) is 128 Å². The van der Waals surface area contributed by atoms with Gasteiger partial charge in [0.15, 0.2) is 11.6 Å². The standard InChI is InChI=1S/C36H28N2O8/c1-19-14-29(39)28-17-27-24(12-13-26-32(27)36(43)37(35(26)42)21-8-5-9-22(15-21)38(44)45)31(33(28)34(19)41)25-11-10-23(16-30(25)40)46-18-20-6-3-2-4-7-20/h2-12,14-16,26-27,31-32,40H,13,17-18H2,1H3/t26-,27+,31+,32-/m0/s1. The molecule has 1 saturated heterocycles. The minimum Gasteiger partial charge on any atom is -0.507 e. The first-order valence-corrected chi connectivity index (χ1v) is 15.0. The molecule has 3 aromatic carbocycles. The van der Waals surface area contributed by atoms with Crippen molar-refractivity contribution in [3.63, 3.8) is 0 Å². The van der Waals surface area contributed by atoms with E-state index in [0.29, 0.717) is 16.9 Å². The first kappa shape index (κ1) is 29.1. The number of rotatable bonds is 6. The largest absolute Gasteiger partial charge is 0.507 e. The number of Topliss-reactive ketones (excluding diaryl/α,β-unsaturated/α-hetero) is 1. The van der Waals surface area contributed by atoms with Crippen LogP contribution in [0.4, 0.5) is 11.4 Å². The fraction of sp³-hybridized carbons (Fsp3) is 0.222. The van der Waals surface area contributed by atoms with E-state index in [1.165, 1.54) is 36.4 Å². The van der Waals surface area contributed by atoms with Crippen LogP contribution in [-0.4, -0.2) is 33.4 Å². The number of carbonyl (C=O) groups is 4. The molecule has 4 aliphatic rings. The van der Waals surface area contributed by atoms with Gasteiger partial charge in [-0.2, -0.15) is 0 Å². The Morgan fingerprint density at radius 3 is 2.48 bits per heavy atom. The van der Waals surface area contributed by atoms with Crippen molar-refractivity contribution in [2.45, 2.75) is 32.3 Å². The molecule has 0 saturated carbocycles. The zero-order valence-corrected chi connectivity index (χ0v) is 24.7. The molecule has 0 aromatic heterocycles. The SMILES string of the molecule is CC1=CC(=O)C2=C(C1=O)[C@@H](c1ccc(OCc3ccccc3)cc1O)C1=CC[C@@H]3C(=O)N(c4cccc([N+](=O)[O-])c4)C(=O)[C@@H]3[C@@H]1C2. The van der Waals surface area contributed by atoms with E-state index in [0.717, 1.165) is 10.5 Å². The van der Waals surface area contributed by atoms with Gasteiger partial charge in [-0.05, 0) is 49.5 Å². The van der Waals surface area contributed by atoms with Crippen LogP contribution in [0.1, 0.15) is 36.8 Å². The second kappa shape index (κ2) is 11.1. The summed E-state index contributed by atoms with van der Waals surface area (Å²) in [6, 6.07) is 19.8. The van der Waals surface area contributed by atoms with Gasteiger partial charge in [-0.25, -0.2) is 4.90 Å². The molecule has 1 heterocycles. The van der Waals surface area contributed by atoms with Crippen molar-refractivity contribution in [1.29, 1.82) is 0 Å². The second-order valence-electron chi connectivity index (χ2n) is 12.0. The Labute approximate surface area is 263 Å². The van der Waals surface area contributed by atoms with Gasteiger partial charge < -0.3 is 9.84 Å². The maximum atomic E-state index is 14.1. The predicted octanol–water partition coefficient (Wildman–Crippen LogP) is 5.51. The lowest BCUT2D eigenvalue weighted by Gasteiger charge is -2.42. The number of carbonyl (C=O) groups excluding carboxylic acids is 4. The zero-order valence-electron chi connectivity index (χ0n) is 24.7. The number of ether oxygens (including phenoxy) is 1. The summed E-state index contributed by atoms with van der Waals surface area (Å²) in [5.74, 6) is -4.37.